The molecule has 0 amide bonds. The summed E-state index contributed by atoms with van der Waals surface area (Å²) in [7, 11) is 0. The van der Waals surface area contributed by atoms with Gasteiger partial charge in [-0.05, 0) is 31.1 Å². The molecule has 1 saturated carbocycles. The zero-order chi connectivity index (χ0) is 11.6. The van der Waals surface area contributed by atoms with Gasteiger partial charge in [-0.1, -0.05) is 27.7 Å². The second kappa shape index (κ2) is 4.65. The van der Waals surface area contributed by atoms with E-state index in [1.165, 1.54) is 0 Å². The summed E-state index contributed by atoms with van der Waals surface area (Å²) in [6.07, 6.45) is 2.89. The number of hydrogen-bond acceptors (Lipinski definition) is 2. The third-order valence-electron chi connectivity index (χ3n) is 4.03. The largest absolute Gasteiger partial charge is 0.393 e. The van der Waals surface area contributed by atoms with Crippen LogP contribution in [0.2, 0.25) is 0 Å². The molecule has 1 N–H and O–H groups in total. The van der Waals surface area contributed by atoms with Crippen molar-refractivity contribution in [1.82, 2.24) is 0 Å². The summed E-state index contributed by atoms with van der Waals surface area (Å²) in [6.45, 7) is 8.23. The minimum Gasteiger partial charge on any atom is -0.393 e. The molecule has 1 aliphatic rings. The number of aliphatic hydroxyl groups excluding tert-OH is 1. The van der Waals surface area contributed by atoms with Gasteiger partial charge in [0.25, 0.3) is 0 Å². The van der Waals surface area contributed by atoms with Gasteiger partial charge in [-0.2, -0.15) is 0 Å². The summed E-state index contributed by atoms with van der Waals surface area (Å²) in [4.78, 5) is 11.8. The van der Waals surface area contributed by atoms with Crippen LogP contribution in [0, 0.1) is 17.3 Å². The van der Waals surface area contributed by atoms with Gasteiger partial charge in [0.1, 0.15) is 5.78 Å². The quantitative estimate of drug-likeness (QED) is 0.781. The molecular weight excluding hydrogens is 188 g/mol. The van der Waals surface area contributed by atoms with Crippen LogP contribution in [0.15, 0.2) is 0 Å². The topological polar surface area (TPSA) is 37.3 Å². The molecule has 0 aliphatic heterocycles. The maximum Gasteiger partial charge on any atom is 0.138 e. The minimum absolute atomic E-state index is 0.264. The molecule has 0 aromatic rings. The van der Waals surface area contributed by atoms with Crippen LogP contribution < -0.4 is 0 Å². The molecule has 2 nitrogen and oxygen atoms in total. The van der Waals surface area contributed by atoms with Crippen molar-refractivity contribution in [3.63, 3.8) is 0 Å². The number of rotatable bonds is 3. The zero-order valence-electron chi connectivity index (χ0n) is 10.4. The number of carbonyl (C=O) groups is 1. The Hall–Kier alpha value is -0.370. The molecule has 0 saturated heterocycles. The highest BCUT2D eigenvalue weighted by molar-refractivity contribution is 5.84. The fourth-order valence-electron chi connectivity index (χ4n) is 2.85. The Kier molecular flexibility index (Phi) is 3.93. The lowest BCUT2D eigenvalue weighted by Crippen LogP contribution is -2.41. The summed E-state index contributed by atoms with van der Waals surface area (Å²) in [5, 5.41) is 10.1. The van der Waals surface area contributed by atoms with Crippen LogP contribution >= 0.6 is 0 Å². The molecule has 88 valence electrons. The van der Waals surface area contributed by atoms with Crippen LogP contribution in [0.5, 0.6) is 0 Å². The summed E-state index contributed by atoms with van der Waals surface area (Å²) in [5.74, 6) is 1.20. The van der Waals surface area contributed by atoms with Crippen molar-refractivity contribution in [3.05, 3.63) is 0 Å². The minimum atomic E-state index is -0.292. The standard InChI is InChI=1S/C13H24O2/c1-5-12(15)13(4)7-6-10(9(2)3)11(14)8-13/h9-11,14H,5-8H2,1-4H3/t10-,11+,13+/m0/s1. The molecule has 0 heterocycles. The molecule has 0 bridgehead atoms. The molecule has 1 aliphatic carbocycles. The van der Waals surface area contributed by atoms with Gasteiger partial charge in [-0.25, -0.2) is 0 Å². The van der Waals surface area contributed by atoms with Crippen LogP contribution in [-0.2, 0) is 4.79 Å². The Labute approximate surface area is 93.1 Å². The Bertz CT molecular complexity index is 235. The SMILES string of the molecule is CCC(=O)[C@]1(C)CC[C@@H](C(C)C)[C@H](O)C1. The summed E-state index contributed by atoms with van der Waals surface area (Å²) in [6, 6.07) is 0. The maximum atomic E-state index is 11.8. The first-order valence-electron chi connectivity index (χ1n) is 6.12. The maximum absolute atomic E-state index is 11.8. The van der Waals surface area contributed by atoms with Gasteiger partial charge in [-0.3, -0.25) is 4.79 Å². The Morgan fingerprint density at radius 1 is 1.53 bits per heavy atom. The number of carbonyl (C=O) groups excluding carboxylic acids is 1. The van der Waals surface area contributed by atoms with E-state index in [1.54, 1.807) is 0 Å². The third kappa shape index (κ3) is 2.60. The van der Waals surface area contributed by atoms with Crippen LogP contribution in [0.4, 0.5) is 0 Å². The van der Waals surface area contributed by atoms with E-state index in [-0.39, 0.29) is 11.5 Å². The van der Waals surface area contributed by atoms with Crippen molar-refractivity contribution in [2.75, 3.05) is 0 Å². The molecule has 3 atom stereocenters. The molecule has 1 rings (SSSR count). The van der Waals surface area contributed by atoms with E-state index in [2.05, 4.69) is 13.8 Å². The van der Waals surface area contributed by atoms with E-state index in [0.29, 0.717) is 30.5 Å². The average Bonchev–Trinajstić information content (AvgIpc) is 2.15. The summed E-state index contributed by atoms with van der Waals surface area (Å²) >= 11 is 0. The first kappa shape index (κ1) is 12.7. The van der Waals surface area contributed by atoms with Crippen LogP contribution in [0.1, 0.15) is 53.4 Å². The third-order valence-corrected chi connectivity index (χ3v) is 4.03. The first-order chi connectivity index (χ1) is 6.90. The van der Waals surface area contributed by atoms with Crippen molar-refractivity contribution in [1.29, 1.82) is 0 Å². The van der Waals surface area contributed by atoms with Crippen molar-refractivity contribution in [3.8, 4) is 0 Å². The number of hydrogen-bond donors (Lipinski definition) is 1. The lowest BCUT2D eigenvalue weighted by atomic mass is 9.65. The molecule has 0 unspecified atom stereocenters. The normalized spacial score (nSPS) is 36.9. The molecule has 15 heavy (non-hydrogen) atoms. The van der Waals surface area contributed by atoms with E-state index in [4.69, 9.17) is 0 Å². The number of ketones is 1. The first-order valence-corrected chi connectivity index (χ1v) is 6.12. The van der Waals surface area contributed by atoms with Crippen molar-refractivity contribution >= 4 is 5.78 Å². The van der Waals surface area contributed by atoms with E-state index in [9.17, 15) is 9.90 Å². The van der Waals surface area contributed by atoms with Gasteiger partial charge in [0.2, 0.25) is 0 Å². The van der Waals surface area contributed by atoms with E-state index < -0.39 is 0 Å². The van der Waals surface area contributed by atoms with Crippen LogP contribution in [0.3, 0.4) is 0 Å². The summed E-state index contributed by atoms with van der Waals surface area (Å²) in [5.41, 5.74) is -0.264. The van der Waals surface area contributed by atoms with Gasteiger partial charge in [0.15, 0.2) is 0 Å². The van der Waals surface area contributed by atoms with Crippen LogP contribution in [0.25, 0.3) is 0 Å². The van der Waals surface area contributed by atoms with Crippen LogP contribution in [-0.4, -0.2) is 17.0 Å². The molecular formula is C13H24O2. The highest BCUT2D eigenvalue weighted by Crippen LogP contribution is 2.42. The van der Waals surface area contributed by atoms with E-state index >= 15 is 0 Å². The van der Waals surface area contributed by atoms with Crippen molar-refractivity contribution < 1.29 is 9.90 Å². The highest BCUT2D eigenvalue weighted by atomic mass is 16.3. The van der Waals surface area contributed by atoms with Gasteiger partial charge < -0.3 is 5.11 Å². The predicted molar refractivity (Wildman–Crippen MR) is 61.6 cm³/mol. The fraction of sp³-hybridized carbons (Fsp3) is 0.923. The predicted octanol–water partition coefficient (Wildman–Crippen LogP) is 2.79. The highest BCUT2D eigenvalue weighted by Gasteiger charge is 2.41. The Balaban J connectivity index is 2.68. The average molecular weight is 212 g/mol. The number of aliphatic hydroxyl groups is 1. The molecule has 0 radical (unpaired) electrons. The van der Waals surface area contributed by atoms with Gasteiger partial charge in [0.05, 0.1) is 6.10 Å². The zero-order valence-corrected chi connectivity index (χ0v) is 10.4. The molecule has 2 heteroatoms. The van der Waals surface area contributed by atoms with E-state index in [1.807, 2.05) is 13.8 Å². The monoisotopic (exact) mass is 212 g/mol. The number of Topliss-reactive ketones (excluding diaryl/α,β-unsaturated/α-hetero) is 1. The fourth-order valence-corrected chi connectivity index (χ4v) is 2.85. The smallest absolute Gasteiger partial charge is 0.138 e. The van der Waals surface area contributed by atoms with Crippen molar-refractivity contribution in [2.24, 2.45) is 17.3 Å². The van der Waals surface area contributed by atoms with Gasteiger partial charge in [0, 0.05) is 11.8 Å². The lowest BCUT2D eigenvalue weighted by Gasteiger charge is -2.41. The van der Waals surface area contributed by atoms with Gasteiger partial charge in [-0.15, -0.1) is 0 Å². The van der Waals surface area contributed by atoms with E-state index in [0.717, 1.165) is 12.8 Å². The Morgan fingerprint density at radius 3 is 2.53 bits per heavy atom. The molecule has 1 fully saturated rings. The van der Waals surface area contributed by atoms with Gasteiger partial charge >= 0.3 is 0 Å². The summed E-state index contributed by atoms with van der Waals surface area (Å²) < 4.78 is 0. The Morgan fingerprint density at radius 2 is 2.13 bits per heavy atom. The van der Waals surface area contributed by atoms with Crippen molar-refractivity contribution in [2.45, 2.75) is 59.5 Å². The molecule has 0 spiro atoms. The lowest BCUT2D eigenvalue weighted by molar-refractivity contribution is -0.133. The second-order valence-electron chi connectivity index (χ2n) is 5.56. The molecule has 0 aromatic carbocycles. The molecule has 0 aromatic heterocycles. The second-order valence-corrected chi connectivity index (χ2v) is 5.56.